The van der Waals surface area contributed by atoms with Crippen LogP contribution >= 0.6 is 23.2 Å². The van der Waals surface area contributed by atoms with Gasteiger partial charge in [-0.05, 0) is 24.5 Å². The number of carbonyl (C=O) groups is 1. The number of fused-ring (bicyclic) bond motifs is 1. The molecule has 5 heteroatoms. The molecule has 0 spiro atoms. The van der Waals surface area contributed by atoms with E-state index in [9.17, 15) is 4.79 Å². The summed E-state index contributed by atoms with van der Waals surface area (Å²) in [6.45, 7) is 5.30. The van der Waals surface area contributed by atoms with Crippen LogP contribution in [0.2, 0.25) is 10.0 Å². The number of amides is 1. The molecular formula is C13H16Cl2N2O. The van der Waals surface area contributed by atoms with E-state index >= 15 is 0 Å². The molecule has 0 aliphatic carbocycles. The molecule has 1 aliphatic heterocycles. The van der Waals surface area contributed by atoms with E-state index in [1.165, 1.54) is 0 Å². The minimum absolute atomic E-state index is 0.0709. The van der Waals surface area contributed by atoms with Crippen LogP contribution in [-0.4, -0.2) is 19.0 Å². The largest absolute Gasteiger partial charge is 0.374 e. The molecule has 0 bridgehead atoms. The van der Waals surface area contributed by atoms with Gasteiger partial charge in [0.25, 0.3) is 0 Å². The number of nitrogens with zero attached hydrogens (tertiary/aromatic N) is 1. The number of halogens is 2. The summed E-state index contributed by atoms with van der Waals surface area (Å²) in [6.07, 6.45) is 0.964. The number of hydrogen-bond donors (Lipinski definition) is 1. The molecule has 0 radical (unpaired) electrons. The van der Waals surface area contributed by atoms with E-state index in [1.807, 2.05) is 0 Å². The van der Waals surface area contributed by atoms with Crippen molar-refractivity contribution in [2.45, 2.75) is 20.3 Å². The van der Waals surface area contributed by atoms with E-state index in [0.29, 0.717) is 29.1 Å². The molecule has 0 atom stereocenters. The average molecular weight is 287 g/mol. The lowest BCUT2D eigenvalue weighted by atomic mass is 10.1. The third-order valence-corrected chi connectivity index (χ3v) is 3.71. The highest BCUT2D eigenvalue weighted by Gasteiger charge is 2.24. The first-order valence-corrected chi connectivity index (χ1v) is 6.78. The Bertz CT molecular complexity index is 474. The van der Waals surface area contributed by atoms with Crippen molar-refractivity contribution in [2.75, 3.05) is 23.3 Å². The van der Waals surface area contributed by atoms with Crippen molar-refractivity contribution in [1.82, 2.24) is 0 Å². The van der Waals surface area contributed by atoms with E-state index in [1.54, 1.807) is 17.0 Å². The van der Waals surface area contributed by atoms with Crippen LogP contribution in [0.5, 0.6) is 0 Å². The Balaban J connectivity index is 2.31. The van der Waals surface area contributed by atoms with Gasteiger partial charge < -0.3 is 10.2 Å². The van der Waals surface area contributed by atoms with Crippen LogP contribution in [0.4, 0.5) is 11.4 Å². The topological polar surface area (TPSA) is 32.3 Å². The Morgan fingerprint density at radius 1 is 1.33 bits per heavy atom. The van der Waals surface area contributed by atoms with Crippen LogP contribution in [-0.2, 0) is 4.79 Å². The van der Waals surface area contributed by atoms with Gasteiger partial charge in [0.2, 0.25) is 5.91 Å². The maximum absolute atomic E-state index is 12.0. The van der Waals surface area contributed by atoms with Crippen molar-refractivity contribution in [3.8, 4) is 0 Å². The maximum atomic E-state index is 12.0. The molecule has 0 aromatic heterocycles. The lowest BCUT2D eigenvalue weighted by Gasteiger charge is -2.31. The Hall–Kier alpha value is -0.930. The summed E-state index contributed by atoms with van der Waals surface area (Å²) >= 11 is 12.0. The van der Waals surface area contributed by atoms with Gasteiger partial charge in [-0.2, -0.15) is 0 Å². The molecule has 0 fully saturated rings. The predicted octanol–water partition coefficient (Wildman–Crippen LogP) is 3.80. The average Bonchev–Trinajstić information content (AvgIpc) is 2.30. The highest BCUT2D eigenvalue weighted by molar-refractivity contribution is 6.42. The third-order valence-electron chi connectivity index (χ3n) is 2.99. The fraction of sp³-hybridized carbons (Fsp3) is 0.462. The molecule has 1 heterocycles. The molecule has 18 heavy (non-hydrogen) atoms. The smallest absolute Gasteiger partial charge is 0.246 e. The zero-order chi connectivity index (χ0) is 13.3. The fourth-order valence-electron chi connectivity index (χ4n) is 1.93. The van der Waals surface area contributed by atoms with E-state index < -0.39 is 0 Å². The number of carbonyl (C=O) groups excluding carboxylic acids is 1. The molecule has 0 saturated carbocycles. The highest BCUT2D eigenvalue weighted by Crippen LogP contribution is 2.37. The number of rotatable bonds is 3. The van der Waals surface area contributed by atoms with E-state index in [4.69, 9.17) is 23.2 Å². The Morgan fingerprint density at radius 2 is 2.00 bits per heavy atom. The molecule has 1 aromatic carbocycles. The summed E-state index contributed by atoms with van der Waals surface area (Å²) in [5, 5.41) is 4.04. The lowest BCUT2D eigenvalue weighted by molar-refractivity contribution is -0.117. The summed E-state index contributed by atoms with van der Waals surface area (Å²) in [5.41, 5.74) is 1.69. The number of hydrogen-bond acceptors (Lipinski definition) is 2. The monoisotopic (exact) mass is 286 g/mol. The molecule has 1 aliphatic rings. The summed E-state index contributed by atoms with van der Waals surface area (Å²) in [5.74, 6) is 0.625. The van der Waals surface area contributed by atoms with Gasteiger partial charge in [-0.3, -0.25) is 4.79 Å². The van der Waals surface area contributed by atoms with Crippen LogP contribution in [0.3, 0.4) is 0 Å². The molecule has 0 unspecified atom stereocenters. The quantitative estimate of drug-likeness (QED) is 0.917. The first-order valence-electron chi connectivity index (χ1n) is 6.02. The van der Waals surface area contributed by atoms with Crippen molar-refractivity contribution >= 4 is 40.5 Å². The maximum Gasteiger partial charge on any atom is 0.246 e. The van der Waals surface area contributed by atoms with Crippen LogP contribution in [0, 0.1) is 5.92 Å². The van der Waals surface area contributed by atoms with E-state index in [2.05, 4.69) is 19.2 Å². The second-order valence-corrected chi connectivity index (χ2v) is 5.68. The van der Waals surface area contributed by atoms with Gasteiger partial charge in [0.15, 0.2) is 0 Å². The molecule has 1 aromatic rings. The van der Waals surface area contributed by atoms with Gasteiger partial charge >= 0.3 is 0 Å². The van der Waals surface area contributed by atoms with Gasteiger partial charge in [-0.15, -0.1) is 0 Å². The van der Waals surface area contributed by atoms with E-state index in [-0.39, 0.29) is 5.91 Å². The van der Waals surface area contributed by atoms with Gasteiger partial charge in [-0.1, -0.05) is 37.0 Å². The van der Waals surface area contributed by atoms with Crippen molar-refractivity contribution in [3.63, 3.8) is 0 Å². The van der Waals surface area contributed by atoms with Crippen LogP contribution in [0.1, 0.15) is 20.3 Å². The summed E-state index contributed by atoms with van der Waals surface area (Å²) in [7, 11) is 0. The first-order chi connectivity index (χ1) is 8.49. The Labute approximate surface area is 117 Å². The number of nitrogens with one attached hydrogen (secondary N) is 1. The standard InChI is InChI=1S/C13H16Cl2N2O/c1-8(2)3-4-17-12-6-10(15)9(14)5-11(12)16-7-13(17)18/h5-6,8,16H,3-4,7H2,1-2H3. The van der Waals surface area contributed by atoms with Gasteiger partial charge in [-0.25, -0.2) is 0 Å². The zero-order valence-electron chi connectivity index (χ0n) is 10.5. The summed E-state index contributed by atoms with van der Waals surface area (Å²) < 4.78 is 0. The lowest BCUT2D eigenvalue weighted by Crippen LogP contribution is -2.40. The minimum atomic E-state index is 0.0709. The van der Waals surface area contributed by atoms with Crippen molar-refractivity contribution in [1.29, 1.82) is 0 Å². The molecule has 1 N–H and O–H groups in total. The molecule has 2 rings (SSSR count). The molecular weight excluding hydrogens is 271 g/mol. The molecule has 1 amide bonds. The molecule has 0 saturated heterocycles. The normalized spacial score (nSPS) is 14.7. The highest BCUT2D eigenvalue weighted by atomic mass is 35.5. The molecule has 98 valence electrons. The van der Waals surface area contributed by atoms with Crippen molar-refractivity contribution in [3.05, 3.63) is 22.2 Å². The van der Waals surface area contributed by atoms with Crippen LogP contribution in [0.25, 0.3) is 0 Å². The first kappa shape index (κ1) is 13.5. The van der Waals surface area contributed by atoms with Gasteiger partial charge in [0.1, 0.15) is 0 Å². The summed E-state index contributed by atoms with van der Waals surface area (Å²) in [4.78, 5) is 13.7. The van der Waals surface area contributed by atoms with Gasteiger partial charge in [0.05, 0.1) is 28.0 Å². The van der Waals surface area contributed by atoms with Gasteiger partial charge in [0, 0.05) is 6.54 Å². The Morgan fingerprint density at radius 3 is 2.67 bits per heavy atom. The third kappa shape index (κ3) is 2.73. The van der Waals surface area contributed by atoms with Crippen molar-refractivity contribution in [2.24, 2.45) is 5.92 Å². The number of benzene rings is 1. The SMILES string of the molecule is CC(C)CCN1C(=O)CNc2cc(Cl)c(Cl)cc21. The van der Waals surface area contributed by atoms with E-state index in [0.717, 1.165) is 17.8 Å². The minimum Gasteiger partial charge on any atom is -0.374 e. The van der Waals surface area contributed by atoms with Crippen molar-refractivity contribution < 1.29 is 4.79 Å². The second kappa shape index (κ2) is 5.37. The summed E-state index contributed by atoms with van der Waals surface area (Å²) in [6, 6.07) is 3.53. The second-order valence-electron chi connectivity index (χ2n) is 4.86. The fourth-order valence-corrected chi connectivity index (χ4v) is 2.26. The predicted molar refractivity (Wildman–Crippen MR) is 76.8 cm³/mol. The van der Waals surface area contributed by atoms with Crippen LogP contribution in [0.15, 0.2) is 12.1 Å². The Kier molecular flexibility index (Phi) is 4.03. The van der Waals surface area contributed by atoms with Crippen LogP contribution < -0.4 is 10.2 Å². The number of anilines is 2. The molecule has 3 nitrogen and oxygen atoms in total. The zero-order valence-corrected chi connectivity index (χ0v) is 12.0.